The van der Waals surface area contributed by atoms with E-state index in [0.29, 0.717) is 0 Å². The first-order valence-corrected chi connectivity index (χ1v) is 10.3. The molecule has 142 valence electrons. The summed E-state index contributed by atoms with van der Waals surface area (Å²) in [4.78, 5) is 7.35. The van der Waals surface area contributed by atoms with Crippen molar-refractivity contribution in [2.75, 3.05) is 31.1 Å². The molecule has 2 heterocycles. The molecule has 2 aromatic rings. The van der Waals surface area contributed by atoms with Crippen molar-refractivity contribution in [2.45, 2.75) is 51.4 Å². The lowest BCUT2D eigenvalue weighted by Gasteiger charge is -2.42. The molecule has 0 saturated carbocycles. The molecular weight excluding hydrogens is 406 g/mol. The first kappa shape index (κ1) is 19.8. The van der Waals surface area contributed by atoms with Crippen LogP contribution in [0.15, 0.2) is 23.6 Å². The third kappa shape index (κ3) is 3.58. The van der Waals surface area contributed by atoms with Crippen molar-refractivity contribution < 1.29 is 0 Å². The highest BCUT2D eigenvalue weighted by Gasteiger charge is 2.37. The molecule has 1 aromatic heterocycles. The van der Waals surface area contributed by atoms with Crippen molar-refractivity contribution in [3.05, 3.63) is 34.7 Å². The lowest BCUT2D eigenvalue weighted by molar-refractivity contribution is 0.332. The first-order chi connectivity index (χ1) is 11.9. The van der Waals surface area contributed by atoms with Crippen LogP contribution in [-0.2, 0) is 10.8 Å². The van der Waals surface area contributed by atoms with Crippen molar-refractivity contribution >= 4 is 33.4 Å². The zero-order valence-corrected chi connectivity index (χ0v) is 18.8. The summed E-state index contributed by atoms with van der Waals surface area (Å²) in [5.41, 5.74) is 5.95. The molecule has 1 aliphatic heterocycles. The number of benzene rings is 1. The summed E-state index contributed by atoms with van der Waals surface area (Å²) < 4.78 is 0. The molecule has 2 aliphatic rings. The van der Waals surface area contributed by atoms with E-state index in [0.717, 1.165) is 37.0 Å². The number of nitrogens with zero attached hydrogens (tertiary/aromatic N) is 2. The Bertz CT molecular complexity index is 775. The summed E-state index contributed by atoms with van der Waals surface area (Å²) in [5.74, 6) is 0. The van der Waals surface area contributed by atoms with Crippen LogP contribution in [0.5, 0.6) is 0 Å². The Morgan fingerprint density at radius 1 is 1.00 bits per heavy atom. The van der Waals surface area contributed by atoms with E-state index in [4.69, 9.17) is 4.98 Å². The van der Waals surface area contributed by atoms with E-state index in [9.17, 15) is 0 Å². The van der Waals surface area contributed by atoms with Crippen LogP contribution in [0.2, 0.25) is 0 Å². The quantitative estimate of drug-likeness (QED) is 0.706. The number of halogens is 1. The van der Waals surface area contributed by atoms with Gasteiger partial charge in [0.2, 0.25) is 0 Å². The predicted octanol–water partition coefficient (Wildman–Crippen LogP) is 5.15. The Hall–Kier alpha value is -0.910. The molecule has 1 aromatic carbocycles. The molecule has 0 bridgehead atoms. The first-order valence-electron chi connectivity index (χ1n) is 9.43. The number of thiazole rings is 1. The van der Waals surface area contributed by atoms with E-state index in [1.165, 1.54) is 29.5 Å². The van der Waals surface area contributed by atoms with Gasteiger partial charge in [-0.2, -0.15) is 0 Å². The van der Waals surface area contributed by atoms with Crippen LogP contribution >= 0.6 is 28.3 Å². The van der Waals surface area contributed by atoms with E-state index < -0.39 is 0 Å². The average molecular weight is 436 g/mol. The molecule has 0 radical (unpaired) electrons. The van der Waals surface area contributed by atoms with E-state index in [1.807, 2.05) is 0 Å². The van der Waals surface area contributed by atoms with Gasteiger partial charge in [-0.25, -0.2) is 4.98 Å². The number of anilines is 1. The molecule has 1 saturated heterocycles. The van der Waals surface area contributed by atoms with Crippen LogP contribution < -0.4 is 10.2 Å². The second-order valence-corrected chi connectivity index (χ2v) is 9.62. The maximum absolute atomic E-state index is 4.95. The number of hydrogen-bond donors (Lipinski definition) is 1. The highest BCUT2D eigenvalue weighted by Crippen LogP contribution is 2.46. The van der Waals surface area contributed by atoms with Crippen molar-refractivity contribution in [3.8, 4) is 11.3 Å². The number of aromatic nitrogens is 1. The van der Waals surface area contributed by atoms with Crippen LogP contribution in [0.1, 0.15) is 51.7 Å². The van der Waals surface area contributed by atoms with Crippen LogP contribution in [0.3, 0.4) is 0 Å². The minimum Gasteiger partial charge on any atom is -0.346 e. The Morgan fingerprint density at radius 3 is 2.35 bits per heavy atom. The minimum atomic E-state index is 0. The Balaban J connectivity index is 0.00000196. The molecule has 3 nitrogen and oxygen atoms in total. The minimum absolute atomic E-state index is 0. The number of fused-ring (bicyclic) bond motifs is 1. The molecule has 0 spiro atoms. The van der Waals surface area contributed by atoms with Crippen molar-refractivity contribution in [2.24, 2.45) is 0 Å². The van der Waals surface area contributed by atoms with Crippen LogP contribution in [-0.4, -0.2) is 31.2 Å². The van der Waals surface area contributed by atoms with Gasteiger partial charge >= 0.3 is 0 Å². The summed E-state index contributed by atoms with van der Waals surface area (Å²) in [5, 5.41) is 6.79. The van der Waals surface area contributed by atoms with Gasteiger partial charge in [0, 0.05) is 37.1 Å². The third-order valence-corrected chi connectivity index (χ3v) is 6.93. The van der Waals surface area contributed by atoms with Gasteiger partial charge in [-0.05, 0) is 40.9 Å². The van der Waals surface area contributed by atoms with Gasteiger partial charge in [-0.3, -0.25) is 0 Å². The number of hydrogen-bond acceptors (Lipinski definition) is 4. The standard InChI is InChI=1S/C21H29N3S.BrH/c1-20(2)7-8-21(3,4)17-13-15(5-6-16(17)20)18-14-25-19(23-18)24-11-9-22-10-12-24;/h5-6,13-14,22H,7-12H2,1-4H3;1H. The number of rotatable bonds is 2. The van der Waals surface area contributed by atoms with Gasteiger partial charge in [-0.1, -0.05) is 39.8 Å². The maximum atomic E-state index is 4.95. The smallest absolute Gasteiger partial charge is 0.185 e. The van der Waals surface area contributed by atoms with Crippen LogP contribution in [0.4, 0.5) is 5.13 Å². The summed E-state index contributed by atoms with van der Waals surface area (Å²) in [6.07, 6.45) is 2.51. The Labute approximate surface area is 172 Å². The lowest BCUT2D eigenvalue weighted by atomic mass is 9.63. The molecule has 0 atom stereocenters. The molecule has 0 unspecified atom stereocenters. The summed E-state index contributed by atoms with van der Waals surface area (Å²) in [7, 11) is 0. The number of nitrogens with one attached hydrogen (secondary N) is 1. The number of piperazine rings is 1. The van der Waals surface area contributed by atoms with Gasteiger partial charge in [0.25, 0.3) is 0 Å². The summed E-state index contributed by atoms with van der Waals surface area (Å²) in [6, 6.07) is 7.04. The monoisotopic (exact) mass is 435 g/mol. The fourth-order valence-electron chi connectivity index (χ4n) is 4.15. The molecule has 0 amide bonds. The second kappa shape index (κ2) is 7.25. The molecule has 1 aliphatic carbocycles. The maximum Gasteiger partial charge on any atom is 0.185 e. The van der Waals surface area contributed by atoms with Crippen LogP contribution in [0.25, 0.3) is 11.3 Å². The molecular formula is C21H30BrN3S. The largest absolute Gasteiger partial charge is 0.346 e. The van der Waals surface area contributed by atoms with E-state index in [2.05, 4.69) is 61.5 Å². The van der Waals surface area contributed by atoms with Gasteiger partial charge in [0.15, 0.2) is 5.13 Å². The zero-order chi connectivity index (χ0) is 17.7. The topological polar surface area (TPSA) is 28.2 Å². The molecule has 4 rings (SSSR count). The van der Waals surface area contributed by atoms with Gasteiger partial charge in [0.05, 0.1) is 5.69 Å². The van der Waals surface area contributed by atoms with Crippen LogP contribution in [0, 0.1) is 0 Å². The van der Waals surface area contributed by atoms with Gasteiger partial charge in [-0.15, -0.1) is 28.3 Å². The van der Waals surface area contributed by atoms with Gasteiger partial charge < -0.3 is 10.2 Å². The fourth-order valence-corrected chi connectivity index (χ4v) is 5.03. The summed E-state index contributed by atoms with van der Waals surface area (Å²) >= 11 is 1.78. The van der Waals surface area contributed by atoms with Crippen molar-refractivity contribution in [3.63, 3.8) is 0 Å². The third-order valence-electron chi connectivity index (χ3n) is 6.03. The molecule has 26 heavy (non-hydrogen) atoms. The highest BCUT2D eigenvalue weighted by atomic mass is 79.9. The molecule has 5 heteroatoms. The molecule has 1 N–H and O–H groups in total. The summed E-state index contributed by atoms with van der Waals surface area (Å²) in [6.45, 7) is 13.7. The normalized spacial score (nSPS) is 21.0. The average Bonchev–Trinajstić information content (AvgIpc) is 3.10. The lowest BCUT2D eigenvalue weighted by Crippen LogP contribution is -2.43. The van der Waals surface area contributed by atoms with Crippen molar-refractivity contribution in [1.82, 2.24) is 10.3 Å². The Morgan fingerprint density at radius 2 is 1.65 bits per heavy atom. The van der Waals surface area contributed by atoms with Gasteiger partial charge in [0.1, 0.15) is 0 Å². The zero-order valence-electron chi connectivity index (χ0n) is 16.3. The SMILES string of the molecule is Br.CC1(C)CCC(C)(C)c2cc(-c3csc(N4CCNCC4)n3)ccc21. The molecule has 1 fully saturated rings. The van der Waals surface area contributed by atoms with E-state index in [-0.39, 0.29) is 27.8 Å². The van der Waals surface area contributed by atoms with E-state index >= 15 is 0 Å². The fraction of sp³-hybridized carbons (Fsp3) is 0.571. The second-order valence-electron chi connectivity index (χ2n) is 8.78. The van der Waals surface area contributed by atoms with E-state index in [1.54, 1.807) is 11.3 Å². The highest BCUT2D eigenvalue weighted by molar-refractivity contribution is 8.93. The Kier molecular flexibility index (Phi) is 5.53. The predicted molar refractivity (Wildman–Crippen MR) is 118 cm³/mol. The van der Waals surface area contributed by atoms with Crippen molar-refractivity contribution in [1.29, 1.82) is 0 Å².